The van der Waals surface area contributed by atoms with E-state index in [0.29, 0.717) is 0 Å². The fourth-order valence-corrected chi connectivity index (χ4v) is 1.41. The highest BCUT2D eigenvalue weighted by molar-refractivity contribution is 6.26. The molecule has 68 valence electrons. The Balaban J connectivity index is 3.10. The lowest BCUT2D eigenvalue weighted by atomic mass is 10.6. The molecule has 0 heterocycles. The lowest BCUT2D eigenvalue weighted by molar-refractivity contribution is -0.00371. The zero-order valence-corrected chi connectivity index (χ0v) is 9.38. The minimum Gasteiger partial charge on any atom is -0.422 e. The van der Waals surface area contributed by atoms with Gasteiger partial charge < -0.3 is 9.16 Å². The van der Waals surface area contributed by atoms with Crippen molar-refractivity contribution in [3.8, 4) is 0 Å². The predicted octanol–water partition coefficient (Wildman–Crippen LogP) is -0.0116. The van der Waals surface area contributed by atoms with E-state index in [4.69, 9.17) is 9.16 Å². The molecule has 0 N–H and O–H groups in total. The van der Waals surface area contributed by atoms with Crippen molar-refractivity contribution in [1.82, 2.24) is 4.90 Å². The predicted molar refractivity (Wildman–Crippen MR) is 49.3 cm³/mol. The Labute approximate surface area is 71.6 Å². The average Bonchev–Trinajstić information content (AvgIpc) is 1.97. The molecular formula is C7H19NO2Si. The summed E-state index contributed by atoms with van der Waals surface area (Å²) in [6.45, 7) is 4.88. The summed E-state index contributed by atoms with van der Waals surface area (Å²) in [4.78, 5) is 2.04. The van der Waals surface area contributed by atoms with Crippen LogP contribution in [-0.2, 0) is 9.16 Å². The van der Waals surface area contributed by atoms with Crippen molar-refractivity contribution in [3.63, 3.8) is 0 Å². The molecule has 0 aliphatic rings. The van der Waals surface area contributed by atoms with Gasteiger partial charge in [-0.05, 0) is 27.9 Å². The second-order valence-corrected chi connectivity index (χ2v) is 3.86. The van der Waals surface area contributed by atoms with Crippen molar-refractivity contribution in [1.29, 1.82) is 0 Å². The van der Waals surface area contributed by atoms with Gasteiger partial charge in [-0.3, -0.25) is 4.90 Å². The number of nitrogens with zero attached hydrogens (tertiary/aromatic N) is 1. The van der Waals surface area contributed by atoms with Crippen LogP contribution in [0, 0.1) is 0 Å². The van der Waals surface area contributed by atoms with Crippen LogP contribution in [0.3, 0.4) is 0 Å². The summed E-state index contributed by atoms with van der Waals surface area (Å²) in [7, 11) is 3.60. The van der Waals surface area contributed by atoms with Crippen molar-refractivity contribution in [2.75, 3.05) is 26.9 Å². The summed E-state index contributed by atoms with van der Waals surface area (Å²) < 4.78 is 10.7. The molecule has 0 saturated heterocycles. The zero-order chi connectivity index (χ0) is 8.69. The molecule has 1 unspecified atom stereocenters. The van der Waals surface area contributed by atoms with E-state index < -0.39 is 9.76 Å². The molecule has 0 fully saturated rings. The summed E-state index contributed by atoms with van der Waals surface area (Å²) >= 11 is 0. The summed E-state index contributed by atoms with van der Waals surface area (Å²) in [6, 6.07) is 0. The summed E-state index contributed by atoms with van der Waals surface area (Å²) in [5.41, 5.74) is 0. The molecule has 3 nitrogen and oxygen atoms in total. The minimum absolute atomic E-state index is 0.211. The molecule has 0 spiro atoms. The molecule has 0 aromatic carbocycles. The van der Waals surface area contributed by atoms with E-state index in [1.165, 1.54) is 0 Å². The highest BCUT2D eigenvalue weighted by Gasteiger charge is 2.02. The maximum absolute atomic E-state index is 5.47. The van der Waals surface area contributed by atoms with Crippen molar-refractivity contribution < 1.29 is 9.16 Å². The van der Waals surface area contributed by atoms with Crippen LogP contribution in [0.5, 0.6) is 0 Å². The molecule has 0 aromatic rings. The number of hydrogen-bond donors (Lipinski definition) is 0. The van der Waals surface area contributed by atoms with Gasteiger partial charge in [0.1, 0.15) is 6.23 Å². The molecule has 0 saturated carbocycles. The second kappa shape index (κ2) is 6.79. The van der Waals surface area contributed by atoms with E-state index >= 15 is 0 Å². The van der Waals surface area contributed by atoms with Gasteiger partial charge in [-0.25, -0.2) is 0 Å². The lowest BCUT2D eigenvalue weighted by Gasteiger charge is -2.19. The Morgan fingerprint density at radius 1 is 1.45 bits per heavy atom. The third-order valence-corrected chi connectivity index (χ3v) is 2.62. The number of rotatable bonds is 6. The SMILES string of the molecule is CCO[SiH2]COC(C)N(C)C. The molecule has 0 aromatic heterocycles. The van der Waals surface area contributed by atoms with E-state index in [1.807, 2.05) is 32.8 Å². The molecule has 0 amide bonds. The average molecular weight is 177 g/mol. The van der Waals surface area contributed by atoms with E-state index in [2.05, 4.69) is 0 Å². The Bertz CT molecular complexity index is 90.5. The van der Waals surface area contributed by atoms with Gasteiger partial charge in [0.2, 0.25) is 0 Å². The summed E-state index contributed by atoms with van der Waals surface area (Å²) in [6.07, 6.45) is 1.02. The van der Waals surface area contributed by atoms with Crippen LogP contribution in [0.1, 0.15) is 13.8 Å². The van der Waals surface area contributed by atoms with Gasteiger partial charge in [-0.1, -0.05) is 0 Å². The molecule has 0 rings (SSSR count). The first-order chi connectivity index (χ1) is 5.18. The quantitative estimate of drug-likeness (QED) is 0.323. The van der Waals surface area contributed by atoms with Gasteiger partial charge >= 0.3 is 0 Å². The van der Waals surface area contributed by atoms with E-state index in [-0.39, 0.29) is 6.23 Å². The highest BCUT2D eigenvalue weighted by atomic mass is 28.2. The fourth-order valence-electron chi connectivity index (χ4n) is 0.571. The van der Waals surface area contributed by atoms with Crippen LogP contribution in [0.25, 0.3) is 0 Å². The van der Waals surface area contributed by atoms with Crippen LogP contribution in [0.15, 0.2) is 0 Å². The summed E-state index contributed by atoms with van der Waals surface area (Å²) in [5.74, 6) is 0. The van der Waals surface area contributed by atoms with E-state index in [1.54, 1.807) is 0 Å². The molecule has 0 aliphatic carbocycles. The van der Waals surface area contributed by atoms with Gasteiger partial charge in [0.15, 0.2) is 9.76 Å². The maximum Gasteiger partial charge on any atom is 0.186 e. The smallest absolute Gasteiger partial charge is 0.186 e. The van der Waals surface area contributed by atoms with Crippen LogP contribution in [0.4, 0.5) is 0 Å². The molecule has 0 radical (unpaired) electrons. The third kappa shape index (κ3) is 6.49. The third-order valence-electron chi connectivity index (χ3n) is 1.52. The molecule has 4 heteroatoms. The normalized spacial score (nSPS) is 15.0. The van der Waals surface area contributed by atoms with E-state index in [9.17, 15) is 0 Å². The Morgan fingerprint density at radius 3 is 2.55 bits per heavy atom. The zero-order valence-electron chi connectivity index (χ0n) is 7.96. The van der Waals surface area contributed by atoms with Crippen molar-refractivity contribution in [3.05, 3.63) is 0 Å². The topological polar surface area (TPSA) is 21.7 Å². The van der Waals surface area contributed by atoms with E-state index in [0.717, 1.165) is 12.8 Å². The Hall–Kier alpha value is 0.0969. The van der Waals surface area contributed by atoms with Crippen molar-refractivity contribution in [2.24, 2.45) is 0 Å². The Morgan fingerprint density at radius 2 is 2.09 bits per heavy atom. The number of hydrogen-bond acceptors (Lipinski definition) is 3. The monoisotopic (exact) mass is 177 g/mol. The van der Waals surface area contributed by atoms with Crippen LogP contribution >= 0.6 is 0 Å². The molecular weight excluding hydrogens is 158 g/mol. The van der Waals surface area contributed by atoms with Crippen LogP contribution < -0.4 is 0 Å². The van der Waals surface area contributed by atoms with Gasteiger partial charge in [0.25, 0.3) is 0 Å². The van der Waals surface area contributed by atoms with Gasteiger partial charge in [-0.2, -0.15) is 0 Å². The molecule has 0 aliphatic heterocycles. The van der Waals surface area contributed by atoms with Crippen molar-refractivity contribution >= 4 is 9.76 Å². The maximum atomic E-state index is 5.47. The lowest BCUT2D eigenvalue weighted by Crippen LogP contribution is -2.29. The van der Waals surface area contributed by atoms with Crippen LogP contribution in [0.2, 0.25) is 0 Å². The second-order valence-electron chi connectivity index (χ2n) is 2.63. The molecule has 1 atom stereocenters. The largest absolute Gasteiger partial charge is 0.422 e. The first-order valence-electron chi connectivity index (χ1n) is 4.04. The fraction of sp³-hybridized carbons (Fsp3) is 1.00. The van der Waals surface area contributed by atoms with Gasteiger partial charge in [-0.15, -0.1) is 0 Å². The summed E-state index contributed by atoms with van der Waals surface area (Å²) in [5, 5.41) is 0. The first kappa shape index (κ1) is 11.1. The van der Waals surface area contributed by atoms with Gasteiger partial charge in [0, 0.05) is 6.61 Å². The molecule has 0 bridgehead atoms. The van der Waals surface area contributed by atoms with Crippen LogP contribution in [-0.4, -0.2) is 47.8 Å². The van der Waals surface area contributed by atoms with Gasteiger partial charge in [0.05, 0.1) is 6.23 Å². The minimum atomic E-state index is -0.412. The van der Waals surface area contributed by atoms with Crippen molar-refractivity contribution in [2.45, 2.75) is 20.1 Å². The first-order valence-corrected chi connectivity index (χ1v) is 5.62. The molecule has 11 heavy (non-hydrogen) atoms. The Kier molecular flexibility index (Phi) is 6.85. The highest BCUT2D eigenvalue weighted by Crippen LogP contribution is 1.92. The standard InChI is InChI=1S/C7H19NO2Si/c1-5-10-11-6-9-7(2)8(3)4/h7H,5-6,11H2,1-4H3. The number of ether oxygens (including phenoxy) is 1.